The molecule has 1 aromatic heterocycles. The third-order valence-electron chi connectivity index (χ3n) is 3.59. The van der Waals surface area contributed by atoms with Gasteiger partial charge in [-0.2, -0.15) is 0 Å². The Kier molecular flexibility index (Phi) is 3.11. The summed E-state index contributed by atoms with van der Waals surface area (Å²) in [5.41, 5.74) is 7.75. The van der Waals surface area contributed by atoms with Gasteiger partial charge in [-0.3, -0.25) is 0 Å². The van der Waals surface area contributed by atoms with Gasteiger partial charge in [-0.1, -0.05) is 30.4 Å². The molecule has 3 nitrogen and oxygen atoms in total. The van der Waals surface area contributed by atoms with Gasteiger partial charge in [-0.05, 0) is 31.9 Å². The third-order valence-corrected chi connectivity index (χ3v) is 3.81. The maximum Gasteiger partial charge on any atom is 0.130 e. The number of aromatic nitrogens is 1. The molecule has 3 rings (SSSR count). The Balaban J connectivity index is 2.17. The Morgan fingerprint density at radius 1 is 1.42 bits per heavy atom. The van der Waals surface area contributed by atoms with Crippen molar-refractivity contribution in [1.29, 1.82) is 0 Å². The maximum atomic E-state index is 5.87. The zero-order valence-corrected chi connectivity index (χ0v) is 11.8. The number of hydrogen-bond donors (Lipinski definition) is 1. The molecular weight excluding hydrogens is 254 g/mol. The molecule has 0 saturated heterocycles. The van der Waals surface area contributed by atoms with Crippen molar-refractivity contribution in [2.45, 2.75) is 25.8 Å². The van der Waals surface area contributed by atoms with Crippen molar-refractivity contribution < 1.29 is 0 Å². The number of nitrogens with zero attached hydrogens (tertiary/aromatic N) is 2. The van der Waals surface area contributed by atoms with Crippen molar-refractivity contribution in [3.05, 3.63) is 35.9 Å². The quantitative estimate of drug-likeness (QED) is 0.868. The largest absolute Gasteiger partial charge is 0.389 e. The van der Waals surface area contributed by atoms with E-state index in [-0.39, 0.29) is 0 Å². The van der Waals surface area contributed by atoms with Gasteiger partial charge in [0.05, 0.1) is 5.52 Å². The Hall–Kier alpha value is -1.68. The maximum absolute atomic E-state index is 5.87. The fourth-order valence-corrected chi connectivity index (χ4v) is 2.67. The van der Waals surface area contributed by atoms with Gasteiger partial charge in [-0.25, -0.2) is 4.98 Å². The van der Waals surface area contributed by atoms with Crippen LogP contribution in [0.15, 0.2) is 30.3 Å². The predicted octanol–water partition coefficient (Wildman–Crippen LogP) is 2.86. The summed E-state index contributed by atoms with van der Waals surface area (Å²) in [7, 11) is 0. The Labute approximate surface area is 118 Å². The first-order valence-corrected chi connectivity index (χ1v) is 7.07. The standard InChI is InChI=1S/C15H17N3S/c1-2-18(10-7-8-10)14-9-12(15(16)19)11-5-3-4-6-13(11)17-14/h3-6,9-10H,2,7-8H2,1H3,(H2,16,19). The number of para-hydroxylation sites is 1. The van der Waals surface area contributed by atoms with Crippen molar-refractivity contribution in [3.63, 3.8) is 0 Å². The molecule has 0 radical (unpaired) electrons. The fourth-order valence-electron chi connectivity index (χ4n) is 2.51. The van der Waals surface area contributed by atoms with Crippen molar-refractivity contribution >= 4 is 33.9 Å². The molecule has 1 aliphatic rings. The zero-order valence-electron chi connectivity index (χ0n) is 11.0. The minimum Gasteiger partial charge on any atom is -0.389 e. The highest BCUT2D eigenvalue weighted by Gasteiger charge is 2.29. The minimum atomic E-state index is 0.437. The van der Waals surface area contributed by atoms with Crippen LogP contribution in [0.4, 0.5) is 5.82 Å². The number of hydrogen-bond acceptors (Lipinski definition) is 3. The first-order chi connectivity index (χ1) is 9.20. The summed E-state index contributed by atoms with van der Waals surface area (Å²) in [5.74, 6) is 0.992. The van der Waals surface area contributed by atoms with Crippen LogP contribution >= 0.6 is 12.2 Å². The van der Waals surface area contributed by atoms with Crippen LogP contribution in [0.25, 0.3) is 10.9 Å². The van der Waals surface area contributed by atoms with Crippen LogP contribution in [0, 0.1) is 0 Å². The highest BCUT2D eigenvalue weighted by Crippen LogP contribution is 2.32. The number of anilines is 1. The molecule has 2 aromatic rings. The molecule has 0 unspecified atom stereocenters. The molecule has 1 fully saturated rings. The van der Waals surface area contributed by atoms with E-state index in [2.05, 4.69) is 11.8 Å². The molecule has 1 saturated carbocycles. The summed E-state index contributed by atoms with van der Waals surface area (Å²) in [5, 5.41) is 1.03. The van der Waals surface area contributed by atoms with Crippen LogP contribution < -0.4 is 10.6 Å². The average molecular weight is 271 g/mol. The van der Waals surface area contributed by atoms with E-state index >= 15 is 0 Å². The molecule has 1 aromatic carbocycles. The summed E-state index contributed by atoms with van der Waals surface area (Å²) in [4.78, 5) is 7.54. The van der Waals surface area contributed by atoms with Crippen LogP contribution in [0.3, 0.4) is 0 Å². The molecular formula is C15H17N3S. The Morgan fingerprint density at radius 2 is 2.16 bits per heavy atom. The average Bonchev–Trinajstić information content (AvgIpc) is 3.23. The van der Waals surface area contributed by atoms with Gasteiger partial charge in [0, 0.05) is 23.5 Å². The molecule has 0 spiro atoms. The fraction of sp³-hybridized carbons (Fsp3) is 0.333. The van der Waals surface area contributed by atoms with E-state index in [4.69, 9.17) is 22.9 Å². The molecule has 0 amide bonds. The van der Waals surface area contributed by atoms with Gasteiger partial charge in [0.2, 0.25) is 0 Å². The topological polar surface area (TPSA) is 42.1 Å². The highest BCUT2D eigenvalue weighted by atomic mass is 32.1. The molecule has 4 heteroatoms. The van der Waals surface area contributed by atoms with Gasteiger partial charge in [-0.15, -0.1) is 0 Å². The Bertz CT molecular complexity index is 634. The second kappa shape index (κ2) is 4.78. The summed E-state index contributed by atoms with van der Waals surface area (Å²) >= 11 is 5.18. The van der Waals surface area contributed by atoms with Gasteiger partial charge in [0.25, 0.3) is 0 Å². The van der Waals surface area contributed by atoms with Crippen molar-refractivity contribution in [3.8, 4) is 0 Å². The summed E-state index contributed by atoms with van der Waals surface area (Å²) in [6.45, 7) is 3.13. The van der Waals surface area contributed by atoms with Gasteiger partial charge < -0.3 is 10.6 Å². The van der Waals surface area contributed by atoms with E-state index in [1.165, 1.54) is 12.8 Å². The number of fused-ring (bicyclic) bond motifs is 1. The molecule has 0 bridgehead atoms. The molecule has 19 heavy (non-hydrogen) atoms. The lowest BCUT2D eigenvalue weighted by Gasteiger charge is -2.22. The molecule has 1 aliphatic carbocycles. The van der Waals surface area contributed by atoms with Crippen LogP contribution in [-0.2, 0) is 0 Å². The summed E-state index contributed by atoms with van der Waals surface area (Å²) in [6, 6.07) is 10.7. The van der Waals surface area contributed by atoms with Gasteiger partial charge in [0.1, 0.15) is 10.8 Å². The molecule has 0 atom stereocenters. The van der Waals surface area contributed by atoms with Crippen molar-refractivity contribution in [2.75, 3.05) is 11.4 Å². The number of pyridine rings is 1. The van der Waals surface area contributed by atoms with E-state index in [1.807, 2.05) is 30.3 Å². The summed E-state index contributed by atoms with van der Waals surface area (Å²) in [6.07, 6.45) is 2.51. The van der Waals surface area contributed by atoms with E-state index in [0.29, 0.717) is 11.0 Å². The van der Waals surface area contributed by atoms with Gasteiger partial charge >= 0.3 is 0 Å². The molecule has 0 aliphatic heterocycles. The van der Waals surface area contributed by atoms with Crippen LogP contribution in [0.1, 0.15) is 25.3 Å². The van der Waals surface area contributed by atoms with Crippen LogP contribution in [0.2, 0.25) is 0 Å². The van der Waals surface area contributed by atoms with Crippen molar-refractivity contribution in [1.82, 2.24) is 4.98 Å². The predicted molar refractivity (Wildman–Crippen MR) is 83.7 cm³/mol. The molecule has 98 valence electrons. The first kappa shape index (κ1) is 12.4. The number of thiocarbonyl (C=S) groups is 1. The smallest absolute Gasteiger partial charge is 0.130 e. The number of nitrogens with two attached hydrogens (primary N) is 1. The second-order valence-electron chi connectivity index (χ2n) is 4.93. The highest BCUT2D eigenvalue weighted by molar-refractivity contribution is 7.80. The van der Waals surface area contributed by atoms with Gasteiger partial charge in [0.15, 0.2) is 0 Å². The molecule has 2 N–H and O–H groups in total. The summed E-state index contributed by atoms with van der Waals surface area (Å²) < 4.78 is 0. The number of rotatable bonds is 4. The monoisotopic (exact) mass is 271 g/mol. The van der Waals surface area contributed by atoms with Crippen LogP contribution in [-0.4, -0.2) is 22.6 Å². The first-order valence-electron chi connectivity index (χ1n) is 6.67. The lowest BCUT2D eigenvalue weighted by Crippen LogP contribution is -2.26. The number of benzene rings is 1. The van der Waals surface area contributed by atoms with E-state index in [9.17, 15) is 0 Å². The lowest BCUT2D eigenvalue weighted by molar-refractivity contribution is 0.811. The second-order valence-corrected chi connectivity index (χ2v) is 5.37. The normalized spacial score (nSPS) is 14.6. The van der Waals surface area contributed by atoms with Crippen molar-refractivity contribution in [2.24, 2.45) is 5.73 Å². The van der Waals surface area contributed by atoms with E-state index in [0.717, 1.165) is 28.8 Å². The van der Waals surface area contributed by atoms with Crippen LogP contribution in [0.5, 0.6) is 0 Å². The van der Waals surface area contributed by atoms with E-state index in [1.54, 1.807) is 0 Å². The SMILES string of the molecule is CCN(c1cc(C(N)=S)c2ccccc2n1)C1CC1. The Morgan fingerprint density at radius 3 is 2.79 bits per heavy atom. The van der Waals surface area contributed by atoms with E-state index < -0.39 is 0 Å². The minimum absolute atomic E-state index is 0.437. The lowest BCUT2D eigenvalue weighted by atomic mass is 10.1. The zero-order chi connectivity index (χ0) is 13.4. The molecule has 1 heterocycles. The third kappa shape index (κ3) is 2.28.